The Bertz CT molecular complexity index is 1050. The third-order valence-corrected chi connectivity index (χ3v) is 7.09. The first-order valence-corrected chi connectivity index (χ1v) is 11.4. The van der Waals surface area contributed by atoms with Crippen molar-refractivity contribution < 1.29 is 18.3 Å². The van der Waals surface area contributed by atoms with Gasteiger partial charge in [0.2, 0.25) is 10.0 Å². The summed E-state index contributed by atoms with van der Waals surface area (Å²) in [5, 5.41) is 14.3. The monoisotopic (exact) mass is 405 g/mol. The van der Waals surface area contributed by atoms with E-state index in [9.17, 15) is 18.3 Å². The predicted octanol–water partition coefficient (Wildman–Crippen LogP) is 0.999. The molecule has 4 fully saturated rings. The molecule has 2 aromatic heterocycles. The van der Waals surface area contributed by atoms with Gasteiger partial charge in [-0.05, 0) is 49.9 Å². The maximum absolute atomic E-state index is 12.6. The fourth-order valence-electron chi connectivity index (χ4n) is 5.82. The summed E-state index contributed by atoms with van der Waals surface area (Å²) in [7, 11) is -3.70. The van der Waals surface area contributed by atoms with E-state index < -0.39 is 21.5 Å². The number of sulfonamides is 1. The summed E-state index contributed by atoms with van der Waals surface area (Å²) in [6, 6.07) is 0.121. The minimum atomic E-state index is -3.70. The zero-order valence-electron chi connectivity index (χ0n) is 15.5. The number of anilines is 1. The molecule has 150 valence electrons. The fraction of sp³-hybridized carbons (Fsp3) is 0.611. The second-order valence-electron chi connectivity index (χ2n) is 8.72. The van der Waals surface area contributed by atoms with E-state index in [0.29, 0.717) is 34.6 Å². The number of H-pyrrole nitrogens is 1. The number of nitrogens with one attached hydrogen (secondary N) is 3. The number of aliphatic hydroxyl groups is 1. The lowest BCUT2D eigenvalue weighted by Gasteiger charge is -2.58. The Kier molecular flexibility index (Phi) is 3.76. The summed E-state index contributed by atoms with van der Waals surface area (Å²) in [5.41, 5.74) is 1.17. The Morgan fingerprint density at radius 1 is 1.25 bits per heavy atom. The lowest BCUT2D eigenvalue weighted by molar-refractivity contribution is -0.129. The summed E-state index contributed by atoms with van der Waals surface area (Å²) in [6.07, 6.45) is 8.36. The molecule has 2 atom stereocenters. The molecule has 1 amide bonds. The van der Waals surface area contributed by atoms with Crippen molar-refractivity contribution in [3.8, 4) is 0 Å². The van der Waals surface area contributed by atoms with Gasteiger partial charge in [0.1, 0.15) is 5.52 Å². The maximum Gasteiger partial charge on any atom is 0.268 e. The molecular formula is C18H23N5O4S. The van der Waals surface area contributed by atoms with Gasteiger partial charge in [-0.25, -0.2) is 23.1 Å². The number of pyridine rings is 1. The van der Waals surface area contributed by atoms with E-state index in [1.807, 2.05) is 4.72 Å². The van der Waals surface area contributed by atoms with Crippen LogP contribution >= 0.6 is 0 Å². The highest BCUT2D eigenvalue weighted by molar-refractivity contribution is 7.89. The van der Waals surface area contributed by atoms with Gasteiger partial charge in [-0.3, -0.25) is 4.79 Å². The molecule has 10 heteroatoms. The average Bonchev–Trinajstić information content (AvgIpc) is 3.03. The molecule has 2 aromatic rings. The number of fused-ring (bicyclic) bond motifs is 1. The van der Waals surface area contributed by atoms with Gasteiger partial charge >= 0.3 is 0 Å². The van der Waals surface area contributed by atoms with Crippen LogP contribution in [0.25, 0.3) is 11.2 Å². The number of nitrogens with zero attached hydrogens (tertiary/aromatic N) is 2. The Morgan fingerprint density at radius 2 is 1.96 bits per heavy atom. The summed E-state index contributed by atoms with van der Waals surface area (Å²) in [4.78, 5) is 23.9. The van der Waals surface area contributed by atoms with Crippen LogP contribution in [0.4, 0.5) is 5.69 Å². The van der Waals surface area contributed by atoms with Gasteiger partial charge in [0.05, 0.1) is 29.4 Å². The van der Waals surface area contributed by atoms with Gasteiger partial charge in [0.15, 0.2) is 5.65 Å². The molecule has 28 heavy (non-hydrogen) atoms. The highest BCUT2D eigenvalue weighted by Gasteiger charge is 2.54. The van der Waals surface area contributed by atoms with E-state index in [1.165, 1.54) is 12.5 Å². The van der Waals surface area contributed by atoms with Crippen molar-refractivity contribution in [1.82, 2.24) is 19.7 Å². The summed E-state index contributed by atoms with van der Waals surface area (Å²) in [6.45, 7) is 0. The average molecular weight is 405 g/mol. The first kappa shape index (κ1) is 17.9. The van der Waals surface area contributed by atoms with Gasteiger partial charge in [-0.1, -0.05) is 0 Å². The zero-order valence-corrected chi connectivity index (χ0v) is 16.3. The summed E-state index contributed by atoms with van der Waals surface area (Å²) >= 11 is 0. The Labute approximate surface area is 162 Å². The van der Waals surface area contributed by atoms with Crippen molar-refractivity contribution in [2.45, 2.75) is 43.7 Å². The summed E-state index contributed by atoms with van der Waals surface area (Å²) in [5.74, 6) is 0.496. The number of carbonyl (C=O) groups is 1. The van der Waals surface area contributed by atoms with Crippen LogP contribution in [-0.2, 0) is 10.0 Å². The van der Waals surface area contributed by atoms with Crippen LogP contribution in [0.2, 0.25) is 0 Å². The van der Waals surface area contributed by atoms with E-state index >= 15 is 0 Å². The Hall–Kier alpha value is -2.20. The van der Waals surface area contributed by atoms with Crippen molar-refractivity contribution in [2.75, 3.05) is 11.6 Å². The number of amides is 1. The molecule has 0 radical (unpaired) electrons. The van der Waals surface area contributed by atoms with Crippen LogP contribution < -0.4 is 10.0 Å². The quantitative estimate of drug-likeness (QED) is 0.595. The number of carbonyl (C=O) groups excluding carboxylic acids is 1. The zero-order chi connectivity index (χ0) is 19.7. The highest BCUT2D eigenvalue weighted by atomic mass is 32.2. The third-order valence-electron chi connectivity index (χ3n) is 6.53. The van der Waals surface area contributed by atoms with Crippen LogP contribution in [0.5, 0.6) is 0 Å². The normalized spacial score (nSPS) is 33.9. The van der Waals surface area contributed by atoms with Gasteiger partial charge in [0, 0.05) is 12.2 Å². The molecular weight excluding hydrogens is 382 g/mol. The van der Waals surface area contributed by atoms with Crippen LogP contribution in [0, 0.1) is 17.8 Å². The third kappa shape index (κ3) is 2.95. The lowest BCUT2D eigenvalue weighted by atomic mass is 9.52. The number of aromatic amines is 1. The number of hydrogen-bond donors (Lipinski definition) is 4. The Morgan fingerprint density at radius 3 is 2.61 bits per heavy atom. The molecule has 6 rings (SSSR count). The molecule has 4 saturated carbocycles. The van der Waals surface area contributed by atoms with E-state index in [-0.39, 0.29) is 11.6 Å². The van der Waals surface area contributed by atoms with Crippen LogP contribution in [0.1, 0.15) is 42.5 Å². The molecule has 0 saturated heterocycles. The van der Waals surface area contributed by atoms with E-state index in [4.69, 9.17) is 0 Å². The molecule has 0 spiro atoms. The molecule has 4 N–H and O–H groups in total. The molecule has 4 aliphatic rings. The molecule has 0 aliphatic heterocycles. The van der Waals surface area contributed by atoms with Gasteiger partial charge < -0.3 is 15.4 Å². The topological polar surface area (TPSA) is 137 Å². The van der Waals surface area contributed by atoms with Crippen LogP contribution in [0.15, 0.2) is 12.5 Å². The first-order chi connectivity index (χ1) is 13.2. The number of hydrogen-bond acceptors (Lipinski definition) is 7. The van der Waals surface area contributed by atoms with Crippen LogP contribution in [0.3, 0.4) is 0 Å². The molecule has 2 heterocycles. The van der Waals surface area contributed by atoms with Gasteiger partial charge in [-0.15, -0.1) is 0 Å². The molecule has 0 unspecified atom stereocenters. The maximum atomic E-state index is 12.6. The van der Waals surface area contributed by atoms with Gasteiger partial charge in [-0.2, -0.15) is 0 Å². The number of imidazole rings is 1. The van der Waals surface area contributed by atoms with Gasteiger partial charge in [0.25, 0.3) is 5.91 Å². The summed E-state index contributed by atoms with van der Waals surface area (Å²) < 4.78 is 25.1. The molecule has 9 nitrogen and oxygen atoms in total. The molecule has 0 aromatic carbocycles. The van der Waals surface area contributed by atoms with Crippen LogP contribution in [-0.4, -0.2) is 52.3 Å². The van der Waals surface area contributed by atoms with E-state index in [0.717, 1.165) is 38.4 Å². The Balaban J connectivity index is 1.52. The fourth-order valence-corrected chi connectivity index (χ4v) is 6.27. The largest absolute Gasteiger partial charge is 0.390 e. The van der Waals surface area contributed by atoms with Crippen molar-refractivity contribution >= 4 is 32.8 Å². The van der Waals surface area contributed by atoms with Crippen molar-refractivity contribution in [2.24, 2.45) is 17.8 Å². The lowest BCUT2D eigenvalue weighted by Crippen LogP contribution is -2.59. The van der Waals surface area contributed by atoms with Crippen molar-refractivity contribution in [1.29, 1.82) is 0 Å². The molecule has 4 aliphatic carbocycles. The second kappa shape index (κ2) is 5.90. The predicted molar refractivity (Wildman–Crippen MR) is 102 cm³/mol. The minimum absolute atomic E-state index is 0.121. The number of rotatable bonds is 4. The second-order valence-corrected chi connectivity index (χ2v) is 10.5. The SMILES string of the molecule is CS(=O)(=O)NC(=O)c1cnc2nc[nH]c2c1NC1[C@H]2CC3C[C@H]1CC(O)(C3)C2. The minimum Gasteiger partial charge on any atom is -0.390 e. The van der Waals surface area contributed by atoms with E-state index in [1.54, 1.807) is 0 Å². The standard InChI is InChI=1S/C18H23N5O4S/c1-28(26,27)23-17(24)12-7-19-16-15(20-8-21-16)14(12)22-13-10-2-9-3-11(13)6-18(25,4-9)5-10/h7-11,13,25H,2-6H2,1H3,(H,23,24)(H2,19,20,21,22)/t9?,10-,11-,13?,18?/m0/s1. The van der Waals surface area contributed by atoms with E-state index in [2.05, 4.69) is 20.3 Å². The molecule has 4 bridgehead atoms. The highest BCUT2D eigenvalue weighted by Crippen LogP contribution is 2.56. The number of aromatic nitrogens is 3. The van der Waals surface area contributed by atoms with Crippen molar-refractivity contribution in [3.05, 3.63) is 18.1 Å². The smallest absolute Gasteiger partial charge is 0.268 e. The first-order valence-electron chi connectivity index (χ1n) is 9.54. The van der Waals surface area contributed by atoms with Crippen molar-refractivity contribution in [3.63, 3.8) is 0 Å².